The lowest BCUT2D eigenvalue weighted by Gasteiger charge is -2.39. The average Bonchev–Trinajstić information content (AvgIpc) is 3.21. The van der Waals surface area contributed by atoms with Gasteiger partial charge in [0.05, 0.1) is 18.2 Å². The van der Waals surface area contributed by atoms with E-state index in [0.717, 1.165) is 11.5 Å². The first-order chi connectivity index (χ1) is 12.0. The maximum atomic E-state index is 13.1. The summed E-state index contributed by atoms with van der Waals surface area (Å²) in [6, 6.07) is -0.141. The number of fused-ring (bicyclic) bond motifs is 1. The molecule has 1 aromatic heterocycles. The smallest absolute Gasteiger partial charge is 0.229 e. The van der Waals surface area contributed by atoms with Gasteiger partial charge in [-0.1, -0.05) is 12.2 Å². The van der Waals surface area contributed by atoms with Crippen LogP contribution < -0.4 is 0 Å². The van der Waals surface area contributed by atoms with E-state index in [2.05, 4.69) is 4.98 Å². The minimum atomic E-state index is -0.825. The van der Waals surface area contributed by atoms with Crippen molar-refractivity contribution in [2.45, 2.75) is 44.9 Å². The van der Waals surface area contributed by atoms with E-state index in [9.17, 15) is 14.0 Å². The van der Waals surface area contributed by atoms with Crippen LogP contribution in [0.15, 0.2) is 18.3 Å². The molecule has 2 aliphatic heterocycles. The van der Waals surface area contributed by atoms with Crippen LogP contribution in [0.4, 0.5) is 4.39 Å². The van der Waals surface area contributed by atoms with E-state index in [-0.39, 0.29) is 30.2 Å². The Morgan fingerprint density at radius 3 is 2.64 bits per heavy atom. The SMILES string of the molecule is C[C@@H]1c2nc(CC(=O)N3CC=CC3)cn2CCN1C(=O)C1CC(F)C1. The maximum Gasteiger partial charge on any atom is 0.229 e. The minimum Gasteiger partial charge on any atom is -0.335 e. The average molecular weight is 346 g/mol. The van der Waals surface area contributed by atoms with Crippen molar-refractivity contribution in [3.63, 3.8) is 0 Å². The van der Waals surface area contributed by atoms with E-state index in [1.165, 1.54) is 0 Å². The first kappa shape index (κ1) is 16.3. The summed E-state index contributed by atoms with van der Waals surface area (Å²) >= 11 is 0. The molecule has 0 unspecified atom stereocenters. The topological polar surface area (TPSA) is 58.4 Å². The van der Waals surface area contributed by atoms with Gasteiger partial charge >= 0.3 is 0 Å². The summed E-state index contributed by atoms with van der Waals surface area (Å²) in [4.78, 5) is 33.1. The van der Waals surface area contributed by atoms with Gasteiger partial charge in [0, 0.05) is 38.3 Å². The molecule has 3 heterocycles. The van der Waals surface area contributed by atoms with Gasteiger partial charge in [-0.05, 0) is 19.8 Å². The molecule has 0 bridgehead atoms. The van der Waals surface area contributed by atoms with Gasteiger partial charge in [-0.15, -0.1) is 0 Å². The summed E-state index contributed by atoms with van der Waals surface area (Å²) in [5.74, 6) is 0.752. The highest BCUT2D eigenvalue weighted by atomic mass is 19.1. The molecule has 134 valence electrons. The van der Waals surface area contributed by atoms with Gasteiger partial charge in [-0.2, -0.15) is 0 Å². The molecule has 1 fully saturated rings. The van der Waals surface area contributed by atoms with Crippen molar-refractivity contribution >= 4 is 11.8 Å². The molecular weight excluding hydrogens is 323 g/mol. The standard InChI is InChI=1S/C18H23FN4O2/c1-12-17-20-15(10-16(24)21-4-2-3-5-21)11-22(17)6-7-23(12)18(25)13-8-14(19)9-13/h2-3,11-14H,4-10H2,1H3/t12-,13?,14?/m1/s1. The second-order valence-electron chi connectivity index (χ2n) is 7.20. The molecule has 1 aromatic rings. The number of imidazole rings is 1. The molecule has 7 heteroatoms. The fourth-order valence-electron chi connectivity index (χ4n) is 3.87. The first-order valence-electron chi connectivity index (χ1n) is 8.96. The lowest BCUT2D eigenvalue weighted by Crippen LogP contribution is -2.47. The van der Waals surface area contributed by atoms with Gasteiger partial charge in [0.15, 0.2) is 0 Å². The summed E-state index contributed by atoms with van der Waals surface area (Å²) in [7, 11) is 0. The van der Waals surface area contributed by atoms with Crippen LogP contribution >= 0.6 is 0 Å². The molecule has 0 radical (unpaired) electrons. The van der Waals surface area contributed by atoms with E-state index in [1.807, 2.05) is 34.7 Å². The summed E-state index contributed by atoms with van der Waals surface area (Å²) in [5, 5.41) is 0. The molecule has 25 heavy (non-hydrogen) atoms. The number of amides is 2. The zero-order chi connectivity index (χ0) is 17.6. The van der Waals surface area contributed by atoms with Gasteiger partial charge in [0.2, 0.25) is 11.8 Å². The van der Waals surface area contributed by atoms with Crippen LogP contribution in [0.1, 0.15) is 37.3 Å². The number of hydrogen-bond acceptors (Lipinski definition) is 3. The minimum absolute atomic E-state index is 0.0383. The molecule has 1 saturated carbocycles. The monoisotopic (exact) mass is 346 g/mol. The van der Waals surface area contributed by atoms with Gasteiger partial charge < -0.3 is 14.4 Å². The van der Waals surface area contributed by atoms with Gasteiger partial charge in [-0.3, -0.25) is 9.59 Å². The normalized spacial score (nSPS) is 28.0. The molecular formula is C18H23FN4O2. The van der Waals surface area contributed by atoms with E-state index in [0.29, 0.717) is 39.0 Å². The number of rotatable bonds is 3. The van der Waals surface area contributed by atoms with Crippen LogP contribution in [0.3, 0.4) is 0 Å². The quantitative estimate of drug-likeness (QED) is 0.779. The zero-order valence-corrected chi connectivity index (χ0v) is 14.4. The number of nitrogens with zero attached hydrogens (tertiary/aromatic N) is 4. The number of hydrogen-bond donors (Lipinski definition) is 0. The van der Waals surface area contributed by atoms with E-state index < -0.39 is 6.17 Å². The van der Waals surface area contributed by atoms with Gasteiger partial charge in [0.1, 0.15) is 12.0 Å². The molecule has 1 aliphatic carbocycles. The Labute approximate surface area is 146 Å². The van der Waals surface area contributed by atoms with Crippen molar-refractivity contribution in [1.29, 1.82) is 0 Å². The molecule has 0 spiro atoms. The second-order valence-corrected chi connectivity index (χ2v) is 7.20. The van der Waals surface area contributed by atoms with Crippen molar-refractivity contribution < 1.29 is 14.0 Å². The molecule has 4 rings (SSSR count). The first-order valence-corrected chi connectivity index (χ1v) is 8.96. The Hall–Kier alpha value is -2.18. The fraction of sp³-hybridized carbons (Fsp3) is 0.611. The summed E-state index contributed by atoms with van der Waals surface area (Å²) < 4.78 is 15.1. The predicted octanol–water partition coefficient (Wildman–Crippen LogP) is 1.48. The van der Waals surface area contributed by atoms with E-state index >= 15 is 0 Å². The number of halogens is 1. The molecule has 0 aromatic carbocycles. The molecule has 0 N–H and O–H groups in total. The van der Waals surface area contributed by atoms with Crippen LogP contribution in [0.2, 0.25) is 0 Å². The van der Waals surface area contributed by atoms with Crippen LogP contribution in [0.25, 0.3) is 0 Å². The zero-order valence-electron chi connectivity index (χ0n) is 14.4. The molecule has 1 atom stereocenters. The van der Waals surface area contributed by atoms with E-state index in [4.69, 9.17) is 0 Å². The third kappa shape index (κ3) is 2.96. The second kappa shape index (κ2) is 6.28. The lowest BCUT2D eigenvalue weighted by molar-refractivity contribution is -0.144. The van der Waals surface area contributed by atoms with Crippen molar-refractivity contribution in [1.82, 2.24) is 19.4 Å². The summed E-state index contributed by atoms with van der Waals surface area (Å²) in [6.45, 7) is 4.57. The van der Waals surface area contributed by atoms with Crippen molar-refractivity contribution in [3.8, 4) is 0 Å². The molecule has 3 aliphatic rings. The third-order valence-corrected chi connectivity index (χ3v) is 5.50. The Morgan fingerprint density at radius 1 is 1.24 bits per heavy atom. The highest BCUT2D eigenvalue weighted by Gasteiger charge is 2.40. The largest absolute Gasteiger partial charge is 0.335 e. The van der Waals surface area contributed by atoms with Gasteiger partial charge in [0.25, 0.3) is 0 Å². The molecule has 0 saturated heterocycles. The fourth-order valence-corrected chi connectivity index (χ4v) is 3.87. The van der Waals surface area contributed by atoms with Crippen LogP contribution in [-0.4, -0.2) is 57.0 Å². The number of carbonyl (C=O) groups excluding carboxylic acids is 2. The van der Waals surface area contributed by atoms with Crippen molar-refractivity contribution in [3.05, 3.63) is 29.9 Å². The number of aromatic nitrogens is 2. The predicted molar refractivity (Wildman–Crippen MR) is 89.4 cm³/mol. The Bertz CT molecular complexity index is 715. The third-order valence-electron chi connectivity index (χ3n) is 5.50. The van der Waals surface area contributed by atoms with Crippen LogP contribution in [0, 0.1) is 5.92 Å². The number of alkyl halides is 1. The van der Waals surface area contributed by atoms with Crippen molar-refractivity contribution in [2.75, 3.05) is 19.6 Å². The van der Waals surface area contributed by atoms with Crippen LogP contribution in [-0.2, 0) is 22.6 Å². The lowest BCUT2D eigenvalue weighted by atomic mass is 9.82. The van der Waals surface area contributed by atoms with Crippen LogP contribution in [0.5, 0.6) is 0 Å². The highest BCUT2D eigenvalue weighted by Crippen LogP contribution is 2.35. The number of carbonyl (C=O) groups is 2. The molecule has 2 amide bonds. The Balaban J connectivity index is 1.44. The van der Waals surface area contributed by atoms with Gasteiger partial charge in [-0.25, -0.2) is 9.37 Å². The van der Waals surface area contributed by atoms with Crippen molar-refractivity contribution in [2.24, 2.45) is 5.92 Å². The maximum absolute atomic E-state index is 13.1. The highest BCUT2D eigenvalue weighted by molar-refractivity contribution is 5.80. The molecule has 6 nitrogen and oxygen atoms in total. The Kier molecular flexibility index (Phi) is 4.09. The van der Waals surface area contributed by atoms with E-state index in [1.54, 1.807) is 4.90 Å². The Morgan fingerprint density at radius 2 is 1.96 bits per heavy atom. The summed E-state index contributed by atoms with van der Waals surface area (Å²) in [6.07, 6.45) is 6.06. The summed E-state index contributed by atoms with van der Waals surface area (Å²) in [5.41, 5.74) is 0.750.